The fraction of sp³-hybridized carbons (Fsp3) is 0.571. The van der Waals surface area contributed by atoms with Gasteiger partial charge in [0.15, 0.2) is 0 Å². The lowest BCUT2D eigenvalue weighted by atomic mass is 10.0. The van der Waals surface area contributed by atoms with Gasteiger partial charge in [0.05, 0.1) is 18.8 Å². The Morgan fingerprint density at radius 3 is 2.85 bits per heavy atom. The number of hydrogen-bond donors (Lipinski definition) is 1. The van der Waals surface area contributed by atoms with Gasteiger partial charge in [-0.3, -0.25) is 9.69 Å². The van der Waals surface area contributed by atoms with Crippen molar-refractivity contribution in [2.75, 3.05) is 32.8 Å². The van der Waals surface area contributed by atoms with Gasteiger partial charge in [-0.15, -0.1) is 0 Å². The minimum absolute atomic E-state index is 0.117. The maximum atomic E-state index is 12.1. The van der Waals surface area contributed by atoms with Crippen LogP contribution in [0.2, 0.25) is 5.15 Å². The largest absolute Gasteiger partial charge is 0.379 e. The smallest absolute Gasteiger partial charge is 0.254 e. The molecule has 0 unspecified atom stereocenters. The van der Waals surface area contributed by atoms with Gasteiger partial charge in [-0.05, 0) is 26.0 Å². The number of ether oxygens (including phenoxy) is 1. The van der Waals surface area contributed by atoms with Crippen molar-refractivity contribution in [1.82, 2.24) is 15.2 Å². The Kier molecular flexibility index (Phi) is 4.96. The van der Waals surface area contributed by atoms with Crippen molar-refractivity contribution in [2.24, 2.45) is 0 Å². The Balaban J connectivity index is 1.94. The number of hydrogen-bond acceptors (Lipinski definition) is 4. The van der Waals surface area contributed by atoms with Gasteiger partial charge in [0, 0.05) is 31.4 Å². The molecule has 1 saturated heterocycles. The first-order chi connectivity index (χ1) is 9.50. The number of halogens is 1. The van der Waals surface area contributed by atoms with E-state index < -0.39 is 0 Å². The van der Waals surface area contributed by atoms with E-state index in [9.17, 15) is 4.79 Å². The first kappa shape index (κ1) is 15.2. The van der Waals surface area contributed by atoms with E-state index in [-0.39, 0.29) is 16.6 Å². The van der Waals surface area contributed by atoms with Gasteiger partial charge in [-0.25, -0.2) is 4.98 Å². The topological polar surface area (TPSA) is 54.5 Å². The number of nitrogens with zero attached hydrogens (tertiary/aromatic N) is 2. The predicted molar refractivity (Wildman–Crippen MR) is 78.1 cm³/mol. The number of morpholine rings is 1. The van der Waals surface area contributed by atoms with Crippen LogP contribution in [0.25, 0.3) is 0 Å². The zero-order chi connectivity index (χ0) is 14.6. The van der Waals surface area contributed by atoms with Crippen molar-refractivity contribution in [3.8, 4) is 0 Å². The minimum atomic E-state index is -0.190. The van der Waals surface area contributed by atoms with Crippen molar-refractivity contribution in [2.45, 2.75) is 19.4 Å². The molecule has 1 N–H and O–H groups in total. The van der Waals surface area contributed by atoms with Crippen LogP contribution >= 0.6 is 11.6 Å². The normalized spacial score (nSPS) is 16.9. The Labute approximate surface area is 124 Å². The summed E-state index contributed by atoms with van der Waals surface area (Å²) >= 11 is 5.92. The van der Waals surface area contributed by atoms with Gasteiger partial charge in [0.25, 0.3) is 5.91 Å². The molecule has 2 heterocycles. The van der Waals surface area contributed by atoms with E-state index in [4.69, 9.17) is 16.3 Å². The zero-order valence-corrected chi connectivity index (χ0v) is 12.6. The highest BCUT2D eigenvalue weighted by Crippen LogP contribution is 2.16. The second kappa shape index (κ2) is 6.52. The van der Waals surface area contributed by atoms with Crippen LogP contribution in [0.4, 0.5) is 0 Å². The monoisotopic (exact) mass is 297 g/mol. The van der Waals surface area contributed by atoms with Crippen molar-refractivity contribution < 1.29 is 9.53 Å². The van der Waals surface area contributed by atoms with Crippen LogP contribution in [-0.4, -0.2) is 54.2 Å². The van der Waals surface area contributed by atoms with Gasteiger partial charge in [-0.1, -0.05) is 11.6 Å². The van der Waals surface area contributed by atoms with Crippen molar-refractivity contribution in [3.63, 3.8) is 0 Å². The highest BCUT2D eigenvalue weighted by atomic mass is 35.5. The lowest BCUT2D eigenvalue weighted by Crippen LogP contribution is -2.55. The molecule has 0 atom stereocenters. The molecule has 110 valence electrons. The number of nitrogens with one attached hydrogen (secondary N) is 1. The Morgan fingerprint density at radius 2 is 2.20 bits per heavy atom. The number of rotatable bonds is 4. The SMILES string of the molecule is CC(C)(CNC(=O)c1cccnc1Cl)N1CCOCC1. The van der Waals surface area contributed by atoms with E-state index >= 15 is 0 Å². The van der Waals surface area contributed by atoms with Crippen LogP contribution in [0.1, 0.15) is 24.2 Å². The van der Waals surface area contributed by atoms with Gasteiger partial charge >= 0.3 is 0 Å². The second-order valence-corrected chi connectivity index (χ2v) is 5.79. The van der Waals surface area contributed by atoms with Gasteiger partial charge in [0.1, 0.15) is 5.15 Å². The zero-order valence-electron chi connectivity index (χ0n) is 11.9. The molecular weight excluding hydrogens is 278 g/mol. The molecule has 1 fully saturated rings. The molecule has 1 aliphatic heterocycles. The number of amides is 1. The van der Waals surface area contributed by atoms with Crippen molar-refractivity contribution >= 4 is 17.5 Å². The van der Waals surface area contributed by atoms with E-state index in [1.54, 1.807) is 18.3 Å². The number of aromatic nitrogens is 1. The summed E-state index contributed by atoms with van der Waals surface area (Å²) in [5.74, 6) is -0.190. The average Bonchev–Trinajstić information content (AvgIpc) is 2.46. The van der Waals surface area contributed by atoms with Gasteiger partial charge < -0.3 is 10.1 Å². The van der Waals surface area contributed by atoms with E-state index in [1.165, 1.54) is 0 Å². The third-order valence-electron chi connectivity index (χ3n) is 3.55. The highest BCUT2D eigenvalue weighted by Gasteiger charge is 2.28. The fourth-order valence-corrected chi connectivity index (χ4v) is 2.43. The highest BCUT2D eigenvalue weighted by molar-refractivity contribution is 6.32. The number of carbonyl (C=O) groups is 1. The summed E-state index contributed by atoms with van der Waals surface area (Å²) in [6, 6.07) is 3.38. The molecule has 5 nitrogen and oxygen atoms in total. The molecule has 1 aliphatic rings. The lowest BCUT2D eigenvalue weighted by Gasteiger charge is -2.40. The maximum absolute atomic E-state index is 12.1. The molecule has 0 aliphatic carbocycles. The molecule has 0 radical (unpaired) electrons. The summed E-state index contributed by atoms with van der Waals surface area (Å²) < 4.78 is 5.35. The van der Waals surface area contributed by atoms with Crippen LogP contribution in [0, 0.1) is 0 Å². The summed E-state index contributed by atoms with van der Waals surface area (Å²) in [5, 5.41) is 3.16. The van der Waals surface area contributed by atoms with Crippen LogP contribution in [0.5, 0.6) is 0 Å². The molecule has 0 aromatic carbocycles. The molecular formula is C14H20ClN3O2. The molecule has 1 aromatic rings. The van der Waals surface area contributed by atoms with Crippen LogP contribution in [-0.2, 0) is 4.74 Å². The summed E-state index contributed by atoms with van der Waals surface area (Å²) in [4.78, 5) is 18.3. The Morgan fingerprint density at radius 1 is 1.50 bits per heavy atom. The molecule has 20 heavy (non-hydrogen) atoms. The third-order valence-corrected chi connectivity index (χ3v) is 3.85. The summed E-state index contributed by atoms with van der Waals surface area (Å²) in [6.45, 7) is 8.04. The maximum Gasteiger partial charge on any atom is 0.254 e. The molecule has 2 rings (SSSR count). The molecule has 1 aromatic heterocycles. The lowest BCUT2D eigenvalue weighted by molar-refractivity contribution is -0.00923. The first-order valence-electron chi connectivity index (χ1n) is 6.72. The Bertz CT molecular complexity index is 473. The summed E-state index contributed by atoms with van der Waals surface area (Å²) in [7, 11) is 0. The van der Waals surface area contributed by atoms with Crippen LogP contribution in [0.3, 0.4) is 0 Å². The van der Waals surface area contributed by atoms with Crippen molar-refractivity contribution in [3.05, 3.63) is 29.0 Å². The molecule has 0 saturated carbocycles. The van der Waals surface area contributed by atoms with Crippen molar-refractivity contribution in [1.29, 1.82) is 0 Å². The van der Waals surface area contributed by atoms with E-state index in [2.05, 4.69) is 29.0 Å². The fourth-order valence-electron chi connectivity index (χ4n) is 2.23. The van der Waals surface area contributed by atoms with Crippen LogP contribution < -0.4 is 5.32 Å². The summed E-state index contributed by atoms with van der Waals surface area (Å²) in [6.07, 6.45) is 1.57. The van der Waals surface area contributed by atoms with Gasteiger partial charge in [0.2, 0.25) is 0 Å². The second-order valence-electron chi connectivity index (χ2n) is 5.44. The molecule has 6 heteroatoms. The number of pyridine rings is 1. The molecule has 1 amide bonds. The first-order valence-corrected chi connectivity index (χ1v) is 7.10. The molecule has 0 spiro atoms. The van der Waals surface area contributed by atoms with E-state index in [0.29, 0.717) is 12.1 Å². The number of carbonyl (C=O) groups excluding carboxylic acids is 1. The average molecular weight is 298 g/mol. The quantitative estimate of drug-likeness (QED) is 0.857. The molecule has 0 bridgehead atoms. The minimum Gasteiger partial charge on any atom is -0.379 e. The van der Waals surface area contributed by atoms with Gasteiger partial charge in [-0.2, -0.15) is 0 Å². The van der Waals surface area contributed by atoms with E-state index in [1.807, 2.05) is 0 Å². The van der Waals surface area contributed by atoms with Crippen LogP contribution in [0.15, 0.2) is 18.3 Å². The standard InChI is InChI=1S/C14H20ClN3O2/c1-14(2,18-6-8-20-9-7-18)10-17-13(19)11-4-3-5-16-12(11)15/h3-5H,6-10H2,1-2H3,(H,17,19). The van der Waals surface area contributed by atoms with E-state index in [0.717, 1.165) is 26.3 Å². The Hall–Kier alpha value is -1.17. The third kappa shape index (κ3) is 3.69. The predicted octanol–water partition coefficient (Wildman–Crippen LogP) is 1.58. The summed E-state index contributed by atoms with van der Waals surface area (Å²) in [5.41, 5.74) is 0.292.